The van der Waals surface area contributed by atoms with Crippen molar-refractivity contribution in [3.05, 3.63) is 20.8 Å². The van der Waals surface area contributed by atoms with Crippen molar-refractivity contribution in [1.82, 2.24) is 0 Å². The van der Waals surface area contributed by atoms with Gasteiger partial charge in [-0.25, -0.2) is 0 Å². The van der Waals surface area contributed by atoms with Gasteiger partial charge in [-0.1, -0.05) is 19.3 Å². The van der Waals surface area contributed by atoms with E-state index >= 15 is 0 Å². The first kappa shape index (κ1) is 13.9. The van der Waals surface area contributed by atoms with Gasteiger partial charge in [0.25, 0.3) is 0 Å². The first-order valence-corrected chi connectivity index (χ1v) is 9.01. The van der Waals surface area contributed by atoms with Crippen LogP contribution >= 0.6 is 39.0 Å². The smallest absolute Gasteiger partial charge is 0.0701 e. The van der Waals surface area contributed by atoms with Crippen molar-refractivity contribution in [2.24, 2.45) is 5.73 Å². The van der Waals surface area contributed by atoms with E-state index in [1.807, 2.05) is 0 Å². The molecule has 1 fully saturated rings. The fraction of sp³-hybridized carbons (Fsp3) is 0.692. The molecular formula is C13H20BrNS2. The second-order valence-electron chi connectivity index (χ2n) is 4.76. The summed E-state index contributed by atoms with van der Waals surface area (Å²) in [6.45, 7) is 0. The van der Waals surface area contributed by atoms with Gasteiger partial charge in [-0.05, 0) is 47.3 Å². The monoisotopic (exact) mass is 333 g/mol. The standard InChI is InChI=1S/C13H20BrNS2/c14-13-7-6-12(17-13)8-10(15)9-16-11-4-2-1-3-5-11/h6-7,10-11H,1-5,8-9,15H2. The Bertz CT molecular complexity index is 334. The third kappa shape index (κ3) is 4.93. The lowest BCUT2D eigenvalue weighted by Gasteiger charge is -2.22. The van der Waals surface area contributed by atoms with Gasteiger partial charge < -0.3 is 5.73 Å². The molecular weight excluding hydrogens is 314 g/mol. The van der Waals surface area contributed by atoms with Crippen LogP contribution in [-0.4, -0.2) is 17.0 Å². The molecule has 2 N–H and O–H groups in total. The van der Waals surface area contributed by atoms with Crippen molar-refractivity contribution >= 4 is 39.0 Å². The maximum absolute atomic E-state index is 6.20. The van der Waals surface area contributed by atoms with Crippen LogP contribution in [0.2, 0.25) is 0 Å². The van der Waals surface area contributed by atoms with Gasteiger partial charge in [0.2, 0.25) is 0 Å². The van der Waals surface area contributed by atoms with E-state index in [1.54, 1.807) is 11.3 Å². The van der Waals surface area contributed by atoms with Gasteiger partial charge in [-0.2, -0.15) is 11.8 Å². The SMILES string of the molecule is NC(CSC1CCCCC1)Cc1ccc(Br)s1. The second-order valence-corrected chi connectivity index (χ2v) is 8.64. The van der Waals surface area contributed by atoms with Crippen molar-refractivity contribution in [1.29, 1.82) is 0 Å². The molecule has 0 radical (unpaired) electrons. The zero-order valence-corrected chi connectivity index (χ0v) is 13.2. The van der Waals surface area contributed by atoms with E-state index in [2.05, 4.69) is 39.8 Å². The lowest BCUT2D eigenvalue weighted by molar-refractivity contribution is 0.515. The number of nitrogens with two attached hydrogens (primary N) is 1. The van der Waals surface area contributed by atoms with E-state index in [-0.39, 0.29) is 0 Å². The number of hydrogen-bond donors (Lipinski definition) is 1. The van der Waals surface area contributed by atoms with Crippen molar-refractivity contribution in [3.8, 4) is 0 Å². The van der Waals surface area contributed by atoms with Gasteiger partial charge in [-0.15, -0.1) is 11.3 Å². The molecule has 0 spiro atoms. The van der Waals surface area contributed by atoms with Gasteiger partial charge in [0.05, 0.1) is 3.79 Å². The Morgan fingerprint density at radius 3 is 2.76 bits per heavy atom. The molecule has 1 unspecified atom stereocenters. The molecule has 1 saturated carbocycles. The molecule has 0 amide bonds. The molecule has 0 saturated heterocycles. The molecule has 1 aliphatic carbocycles. The Hall–Kier alpha value is 0.490. The predicted molar refractivity (Wildman–Crippen MR) is 83.0 cm³/mol. The third-order valence-electron chi connectivity index (χ3n) is 3.19. The average molecular weight is 334 g/mol. The van der Waals surface area contributed by atoms with Crippen LogP contribution in [0.15, 0.2) is 15.9 Å². The predicted octanol–water partition coefficient (Wildman–Crippen LogP) is 4.45. The lowest BCUT2D eigenvalue weighted by Crippen LogP contribution is -2.26. The van der Waals surface area contributed by atoms with E-state index in [0.717, 1.165) is 17.4 Å². The highest BCUT2D eigenvalue weighted by Crippen LogP contribution is 2.29. The summed E-state index contributed by atoms with van der Waals surface area (Å²) in [6, 6.07) is 4.61. The first-order valence-electron chi connectivity index (χ1n) is 6.35. The minimum Gasteiger partial charge on any atom is -0.327 e. The topological polar surface area (TPSA) is 26.0 Å². The van der Waals surface area contributed by atoms with Crippen LogP contribution in [0.5, 0.6) is 0 Å². The Labute approximate surface area is 121 Å². The summed E-state index contributed by atoms with van der Waals surface area (Å²) < 4.78 is 1.21. The Morgan fingerprint density at radius 2 is 2.12 bits per heavy atom. The molecule has 4 heteroatoms. The number of rotatable bonds is 5. The number of thiophene rings is 1. The number of halogens is 1. The van der Waals surface area contributed by atoms with Crippen LogP contribution in [0.4, 0.5) is 0 Å². The highest BCUT2D eigenvalue weighted by atomic mass is 79.9. The van der Waals surface area contributed by atoms with Gasteiger partial charge in [0, 0.05) is 21.9 Å². The molecule has 1 aliphatic rings. The van der Waals surface area contributed by atoms with E-state index < -0.39 is 0 Å². The summed E-state index contributed by atoms with van der Waals surface area (Å²) in [4.78, 5) is 1.40. The van der Waals surface area contributed by atoms with Crippen LogP contribution in [0, 0.1) is 0 Å². The van der Waals surface area contributed by atoms with Crippen LogP contribution < -0.4 is 5.73 Å². The Morgan fingerprint density at radius 1 is 1.35 bits per heavy atom. The molecule has 96 valence electrons. The van der Waals surface area contributed by atoms with Crippen LogP contribution in [0.3, 0.4) is 0 Å². The molecule has 0 aliphatic heterocycles. The van der Waals surface area contributed by atoms with Crippen LogP contribution in [0.1, 0.15) is 37.0 Å². The zero-order chi connectivity index (χ0) is 12.1. The van der Waals surface area contributed by atoms with E-state index in [1.165, 1.54) is 40.8 Å². The molecule has 1 aromatic rings. The highest BCUT2D eigenvalue weighted by molar-refractivity contribution is 9.11. The number of thioether (sulfide) groups is 1. The maximum atomic E-state index is 6.20. The van der Waals surface area contributed by atoms with Crippen molar-refractivity contribution in [2.45, 2.75) is 49.8 Å². The lowest BCUT2D eigenvalue weighted by atomic mass is 10.0. The van der Waals surface area contributed by atoms with E-state index in [4.69, 9.17) is 5.73 Å². The summed E-state index contributed by atoms with van der Waals surface area (Å²) in [5, 5.41) is 0.880. The summed E-state index contributed by atoms with van der Waals surface area (Å²) >= 11 is 7.40. The second kappa shape index (κ2) is 7.17. The quantitative estimate of drug-likeness (QED) is 0.861. The first-order chi connectivity index (χ1) is 8.24. The van der Waals surface area contributed by atoms with Crippen molar-refractivity contribution in [3.63, 3.8) is 0 Å². The van der Waals surface area contributed by atoms with Gasteiger partial charge >= 0.3 is 0 Å². The largest absolute Gasteiger partial charge is 0.327 e. The molecule has 0 bridgehead atoms. The van der Waals surface area contributed by atoms with Gasteiger partial charge in [0.1, 0.15) is 0 Å². The number of hydrogen-bond acceptors (Lipinski definition) is 3. The van der Waals surface area contributed by atoms with E-state index in [9.17, 15) is 0 Å². The van der Waals surface area contributed by atoms with E-state index in [0.29, 0.717) is 6.04 Å². The average Bonchev–Trinajstić information content (AvgIpc) is 2.73. The normalized spacial score (nSPS) is 19.4. The molecule has 1 nitrogen and oxygen atoms in total. The highest BCUT2D eigenvalue weighted by Gasteiger charge is 2.15. The van der Waals surface area contributed by atoms with Gasteiger partial charge in [-0.3, -0.25) is 0 Å². The van der Waals surface area contributed by atoms with Crippen LogP contribution in [-0.2, 0) is 6.42 Å². The molecule has 0 aromatic carbocycles. The molecule has 1 aromatic heterocycles. The molecule has 17 heavy (non-hydrogen) atoms. The molecule has 2 rings (SSSR count). The zero-order valence-electron chi connectivity index (χ0n) is 10.0. The third-order valence-corrected chi connectivity index (χ3v) is 6.40. The van der Waals surface area contributed by atoms with Gasteiger partial charge in [0.15, 0.2) is 0 Å². The summed E-state index contributed by atoms with van der Waals surface area (Å²) in [5.74, 6) is 1.11. The fourth-order valence-electron chi connectivity index (χ4n) is 2.27. The minimum atomic E-state index is 0.312. The Balaban J connectivity index is 1.68. The maximum Gasteiger partial charge on any atom is 0.0701 e. The summed E-state index contributed by atoms with van der Waals surface area (Å²) in [6.07, 6.45) is 8.11. The summed E-state index contributed by atoms with van der Waals surface area (Å²) in [5.41, 5.74) is 6.20. The Kier molecular flexibility index (Phi) is 5.87. The molecule has 1 heterocycles. The fourth-order valence-corrected chi connectivity index (χ4v) is 5.15. The van der Waals surface area contributed by atoms with Crippen molar-refractivity contribution < 1.29 is 0 Å². The summed E-state index contributed by atoms with van der Waals surface area (Å²) in [7, 11) is 0. The molecule has 1 atom stereocenters. The van der Waals surface area contributed by atoms with Crippen LogP contribution in [0.25, 0.3) is 0 Å². The van der Waals surface area contributed by atoms with Crippen molar-refractivity contribution in [2.75, 3.05) is 5.75 Å². The minimum absolute atomic E-state index is 0.312.